The number of carbonyl (C=O) groups is 1. The van der Waals surface area contributed by atoms with Crippen molar-refractivity contribution in [1.29, 1.82) is 0 Å². The van der Waals surface area contributed by atoms with Crippen LogP contribution in [-0.2, 0) is 14.6 Å². The number of sulfone groups is 1. The van der Waals surface area contributed by atoms with Crippen molar-refractivity contribution >= 4 is 51.4 Å². The SMILES string of the molecule is CN=C(NCCC(=O)NC1CCS(=O)(=O)C1)NC1CCN(c2ccccc2)C1.I. The molecular formula is C19H30IN5O3S. The van der Waals surface area contributed by atoms with Crippen LogP contribution in [0.2, 0.25) is 0 Å². The third-order valence-corrected chi connectivity index (χ3v) is 6.88. The maximum atomic E-state index is 12.0. The molecule has 2 atom stereocenters. The van der Waals surface area contributed by atoms with Crippen LogP contribution in [0, 0.1) is 0 Å². The van der Waals surface area contributed by atoms with Gasteiger partial charge in [0, 0.05) is 50.9 Å². The molecular weight excluding hydrogens is 505 g/mol. The molecule has 162 valence electrons. The summed E-state index contributed by atoms with van der Waals surface area (Å²) in [4.78, 5) is 18.6. The van der Waals surface area contributed by atoms with Crippen molar-refractivity contribution < 1.29 is 13.2 Å². The van der Waals surface area contributed by atoms with Crippen molar-refractivity contribution in [3.05, 3.63) is 30.3 Å². The van der Waals surface area contributed by atoms with Crippen LogP contribution in [-0.4, -0.2) is 70.6 Å². The highest BCUT2D eigenvalue weighted by Gasteiger charge is 2.28. The Hall–Kier alpha value is -1.56. The van der Waals surface area contributed by atoms with E-state index in [9.17, 15) is 13.2 Å². The van der Waals surface area contributed by atoms with Crippen molar-refractivity contribution in [3.63, 3.8) is 0 Å². The first-order valence-corrected chi connectivity index (χ1v) is 11.5. The molecule has 1 aromatic rings. The van der Waals surface area contributed by atoms with Crippen LogP contribution >= 0.6 is 24.0 Å². The molecule has 10 heteroatoms. The number of para-hydroxylation sites is 1. The fourth-order valence-electron chi connectivity index (χ4n) is 3.64. The summed E-state index contributed by atoms with van der Waals surface area (Å²) in [6.07, 6.45) is 1.80. The van der Waals surface area contributed by atoms with Gasteiger partial charge in [-0.2, -0.15) is 0 Å². The molecule has 2 heterocycles. The third-order valence-electron chi connectivity index (χ3n) is 5.12. The minimum absolute atomic E-state index is 0. The quantitative estimate of drug-likeness (QED) is 0.282. The summed E-state index contributed by atoms with van der Waals surface area (Å²) in [5.74, 6) is 0.751. The Bertz CT molecular complexity index is 803. The van der Waals surface area contributed by atoms with Crippen molar-refractivity contribution in [2.45, 2.75) is 31.3 Å². The van der Waals surface area contributed by atoms with E-state index >= 15 is 0 Å². The maximum Gasteiger partial charge on any atom is 0.222 e. The first kappa shape index (κ1) is 23.7. The van der Waals surface area contributed by atoms with E-state index in [1.54, 1.807) is 7.05 Å². The number of nitrogens with zero attached hydrogens (tertiary/aromatic N) is 2. The highest BCUT2D eigenvalue weighted by molar-refractivity contribution is 14.0. The number of halogens is 1. The van der Waals surface area contributed by atoms with E-state index in [2.05, 4.69) is 38.0 Å². The average Bonchev–Trinajstić information content (AvgIpc) is 3.27. The van der Waals surface area contributed by atoms with E-state index in [0.717, 1.165) is 19.5 Å². The maximum absolute atomic E-state index is 12.0. The zero-order valence-corrected chi connectivity index (χ0v) is 19.8. The largest absolute Gasteiger partial charge is 0.369 e. The van der Waals surface area contributed by atoms with Gasteiger partial charge in [-0.1, -0.05) is 18.2 Å². The van der Waals surface area contributed by atoms with Crippen molar-refractivity contribution in [3.8, 4) is 0 Å². The number of nitrogens with one attached hydrogen (secondary N) is 3. The van der Waals surface area contributed by atoms with Gasteiger partial charge in [-0.3, -0.25) is 9.79 Å². The number of rotatable bonds is 6. The van der Waals surface area contributed by atoms with Crippen LogP contribution < -0.4 is 20.9 Å². The lowest BCUT2D eigenvalue weighted by atomic mass is 10.2. The second-order valence-corrected chi connectivity index (χ2v) is 9.56. The predicted molar refractivity (Wildman–Crippen MR) is 127 cm³/mol. The second kappa shape index (κ2) is 11.0. The monoisotopic (exact) mass is 535 g/mol. The van der Waals surface area contributed by atoms with Crippen LogP contribution in [0.1, 0.15) is 19.3 Å². The lowest BCUT2D eigenvalue weighted by Crippen LogP contribution is -2.45. The van der Waals surface area contributed by atoms with Crippen LogP contribution in [0.25, 0.3) is 0 Å². The molecule has 0 aromatic heterocycles. The molecule has 2 saturated heterocycles. The Morgan fingerprint density at radius 2 is 1.93 bits per heavy atom. The molecule has 3 rings (SSSR count). The molecule has 0 saturated carbocycles. The van der Waals surface area contributed by atoms with Crippen molar-refractivity contribution in [2.75, 3.05) is 43.1 Å². The summed E-state index contributed by atoms with van der Waals surface area (Å²) in [6, 6.07) is 10.4. The predicted octanol–water partition coefficient (Wildman–Crippen LogP) is 0.742. The summed E-state index contributed by atoms with van der Waals surface area (Å²) in [5, 5.41) is 9.37. The van der Waals surface area contributed by atoms with Gasteiger partial charge >= 0.3 is 0 Å². The van der Waals surface area contributed by atoms with Gasteiger partial charge in [0.2, 0.25) is 5.91 Å². The number of aliphatic imine (C=N–C) groups is 1. The molecule has 2 aliphatic heterocycles. The lowest BCUT2D eigenvalue weighted by molar-refractivity contribution is -0.121. The molecule has 0 bridgehead atoms. The number of anilines is 1. The van der Waals surface area contributed by atoms with Gasteiger partial charge in [0.1, 0.15) is 0 Å². The van der Waals surface area contributed by atoms with Gasteiger partial charge in [0.15, 0.2) is 15.8 Å². The molecule has 0 aliphatic carbocycles. The van der Waals surface area contributed by atoms with E-state index in [4.69, 9.17) is 0 Å². The second-order valence-electron chi connectivity index (χ2n) is 7.33. The van der Waals surface area contributed by atoms with Crippen LogP contribution in [0.5, 0.6) is 0 Å². The molecule has 1 amide bonds. The average molecular weight is 535 g/mol. The lowest BCUT2D eigenvalue weighted by Gasteiger charge is -2.20. The van der Waals surface area contributed by atoms with Gasteiger partial charge in [-0.25, -0.2) is 8.42 Å². The van der Waals surface area contributed by atoms with Gasteiger partial charge in [-0.15, -0.1) is 24.0 Å². The number of amides is 1. The molecule has 0 spiro atoms. The van der Waals surface area contributed by atoms with Crippen molar-refractivity contribution in [1.82, 2.24) is 16.0 Å². The minimum Gasteiger partial charge on any atom is -0.369 e. The van der Waals surface area contributed by atoms with E-state index in [-0.39, 0.29) is 53.9 Å². The molecule has 8 nitrogen and oxygen atoms in total. The Labute approximate surface area is 189 Å². The Morgan fingerprint density at radius 3 is 2.59 bits per heavy atom. The topological polar surface area (TPSA) is 103 Å². The standard InChI is InChI=1S/C19H29N5O3S.HI/c1-20-19(21-10-7-18(25)22-16-9-12-28(26,27)14-16)23-15-8-11-24(13-15)17-5-3-2-4-6-17;/h2-6,15-16H,7-14H2,1H3,(H,22,25)(H2,20,21,23);1H. The zero-order valence-electron chi connectivity index (χ0n) is 16.6. The molecule has 3 N–H and O–H groups in total. The molecule has 0 radical (unpaired) electrons. The fourth-order valence-corrected chi connectivity index (χ4v) is 5.32. The highest BCUT2D eigenvalue weighted by atomic mass is 127. The first-order valence-electron chi connectivity index (χ1n) is 9.72. The number of carbonyl (C=O) groups excluding carboxylic acids is 1. The minimum atomic E-state index is -2.98. The molecule has 2 fully saturated rings. The summed E-state index contributed by atoms with van der Waals surface area (Å²) in [7, 11) is -1.27. The summed E-state index contributed by atoms with van der Waals surface area (Å²) < 4.78 is 22.9. The van der Waals surface area contributed by atoms with E-state index < -0.39 is 9.84 Å². The third kappa shape index (κ3) is 7.32. The molecule has 2 aliphatic rings. The summed E-state index contributed by atoms with van der Waals surface area (Å²) >= 11 is 0. The normalized spacial score (nSPS) is 23.3. The summed E-state index contributed by atoms with van der Waals surface area (Å²) in [5.41, 5.74) is 1.22. The first-order chi connectivity index (χ1) is 13.4. The van der Waals surface area contributed by atoms with E-state index in [1.165, 1.54) is 5.69 Å². The zero-order chi connectivity index (χ0) is 20.0. The Balaban J connectivity index is 0.00000300. The van der Waals surface area contributed by atoms with Crippen LogP contribution in [0.15, 0.2) is 35.3 Å². The Morgan fingerprint density at radius 1 is 1.17 bits per heavy atom. The van der Waals surface area contributed by atoms with Gasteiger partial charge < -0.3 is 20.9 Å². The fraction of sp³-hybridized carbons (Fsp3) is 0.579. The number of benzene rings is 1. The molecule has 29 heavy (non-hydrogen) atoms. The molecule has 2 unspecified atom stereocenters. The van der Waals surface area contributed by atoms with Gasteiger partial charge in [-0.05, 0) is 25.0 Å². The van der Waals surface area contributed by atoms with E-state index in [1.807, 2.05) is 18.2 Å². The number of guanidine groups is 1. The molecule has 1 aromatic carbocycles. The Kier molecular flexibility index (Phi) is 9.00. The summed E-state index contributed by atoms with van der Waals surface area (Å²) in [6.45, 7) is 2.34. The number of hydrogen-bond donors (Lipinski definition) is 3. The van der Waals surface area contributed by atoms with E-state index in [0.29, 0.717) is 25.0 Å². The van der Waals surface area contributed by atoms with Gasteiger partial charge in [0.05, 0.1) is 11.5 Å². The number of hydrogen-bond acceptors (Lipinski definition) is 5. The smallest absolute Gasteiger partial charge is 0.222 e. The van der Waals surface area contributed by atoms with Crippen molar-refractivity contribution in [2.24, 2.45) is 4.99 Å². The van der Waals surface area contributed by atoms with Crippen LogP contribution in [0.3, 0.4) is 0 Å². The van der Waals surface area contributed by atoms with Crippen LogP contribution in [0.4, 0.5) is 5.69 Å². The highest BCUT2D eigenvalue weighted by Crippen LogP contribution is 2.19. The van der Waals surface area contributed by atoms with Gasteiger partial charge in [0.25, 0.3) is 0 Å².